The molecular weight excluding hydrogens is 260 g/mol. The van der Waals surface area contributed by atoms with Gasteiger partial charge in [-0.25, -0.2) is 0 Å². The van der Waals surface area contributed by atoms with Crippen LogP contribution in [0.15, 0.2) is 18.2 Å². The maximum Gasteiger partial charge on any atom is 0.122 e. The van der Waals surface area contributed by atoms with Gasteiger partial charge in [-0.1, -0.05) is 12.1 Å². The SMILES string of the molecule is OC(CCc1ccc2c(c1)CCO2)C1CSCCO1. The Morgan fingerprint density at radius 3 is 3.16 bits per heavy atom. The Hall–Kier alpha value is -0.710. The van der Waals surface area contributed by atoms with E-state index in [1.807, 2.05) is 11.8 Å². The Bertz CT molecular complexity index is 429. The average molecular weight is 280 g/mol. The van der Waals surface area contributed by atoms with Crippen molar-refractivity contribution in [3.05, 3.63) is 29.3 Å². The molecule has 19 heavy (non-hydrogen) atoms. The van der Waals surface area contributed by atoms with Gasteiger partial charge in [-0.05, 0) is 30.0 Å². The van der Waals surface area contributed by atoms with Crippen molar-refractivity contribution in [3.63, 3.8) is 0 Å². The van der Waals surface area contributed by atoms with E-state index in [9.17, 15) is 5.11 Å². The van der Waals surface area contributed by atoms with E-state index in [4.69, 9.17) is 9.47 Å². The molecule has 0 amide bonds. The molecule has 1 N–H and O–H groups in total. The third-order valence-corrected chi connectivity index (χ3v) is 4.77. The van der Waals surface area contributed by atoms with Gasteiger partial charge in [0.05, 0.1) is 25.4 Å². The van der Waals surface area contributed by atoms with E-state index in [2.05, 4.69) is 18.2 Å². The predicted molar refractivity (Wildman–Crippen MR) is 77.0 cm³/mol. The van der Waals surface area contributed by atoms with E-state index >= 15 is 0 Å². The van der Waals surface area contributed by atoms with Gasteiger partial charge >= 0.3 is 0 Å². The molecule has 0 radical (unpaired) electrons. The molecule has 0 saturated carbocycles. The fraction of sp³-hybridized carbons (Fsp3) is 0.600. The van der Waals surface area contributed by atoms with Crippen molar-refractivity contribution in [1.82, 2.24) is 0 Å². The first-order valence-corrected chi connectivity index (χ1v) is 8.10. The minimum atomic E-state index is -0.350. The van der Waals surface area contributed by atoms with Crippen LogP contribution in [0.2, 0.25) is 0 Å². The monoisotopic (exact) mass is 280 g/mol. The van der Waals surface area contributed by atoms with Crippen molar-refractivity contribution in [2.24, 2.45) is 0 Å². The summed E-state index contributed by atoms with van der Waals surface area (Å²) >= 11 is 1.87. The van der Waals surface area contributed by atoms with Crippen LogP contribution in [0.5, 0.6) is 5.75 Å². The average Bonchev–Trinajstić information content (AvgIpc) is 2.93. The van der Waals surface area contributed by atoms with Gasteiger partial charge < -0.3 is 14.6 Å². The molecule has 2 atom stereocenters. The lowest BCUT2D eigenvalue weighted by Crippen LogP contribution is -2.35. The molecule has 104 valence electrons. The van der Waals surface area contributed by atoms with E-state index in [0.29, 0.717) is 0 Å². The zero-order valence-electron chi connectivity index (χ0n) is 11.0. The minimum absolute atomic E-state index is 0.0107. The van der Waals surface area contributed by atoms with Crippen molar-refractivity contribution in [3.8, 4) is 5.75 Å². The second-order valence-corrected chi connectivity index (χ2v) is 6.28. The third-order valence-electron chi connectivity index (χ3n) is 3.75. The molecule has 2 aliphatic heterocycles. The topological polar surface area (TPSA) is 38.7 Å². The molecule has 0 aromatic heterocycles. The zero-order valence-corrected chi connectivity index (χ0v) is 11.8. The summed E-state index contributed by atoms with van der Waals surface area (Å²) in [5.74, 6) is 2.99. The number of aryl methyl sites for hydroxylation is 1. The largest absolute Gasteiger partial charge is 0.493 e. The van der Waals surface area contributed by atoms with Crippen molar-refractivity contribution < 1.29 is 14.6 Å². The highest BCUT2D eigenvalue weighted by atomic mass is 32.2. The Kier molecular flexibility index (Phi) is 4.31. The van der Waals surface area contributed by atoms with Crippen molar-refractivity contribution in [2.45, 2.75) is 31.5 Å². The lowest BCUT2D eigenvalue weighted by atomic mass is 10.0. The molecule has 0 bridgehead atoms. The summed E-state index contributed by atoms with van der Waals surface area (Å²) in [7, 11) is 0. The Balaban J connectivity index is 1.53. The van der Waals surface area contributed by atoms with Gasteiger partial charge in [-0.3, -0.25) is 0 Å². The van der Waals surface area contributed by atoms with Gasteiger partial charge in [0.1, 0.15) is 5.75 Å². The second-order valence-electron chi connectivity index (χ2n) is 5.13. The number of hydrogen-bond donors (Lipinski definition) is 1. The number of aliphatic hydroxyl groups is 1. The number of aliphatic hydroxyl groups excluding tert-OH is 1. The van der Waals surface area contributed by atoms with E-state index in [-0.39, 0.29) is 12.2 Å². The van der Waals surface area contributed by atoms with Gasteiger partial charge in [-0.2, -0.15) is 11.8 Å². The molecule has 0 aliphatic carbocycles. The molecule has 1 fully saturated rings. The van der Waals surface area contributed by atoms with Crippen LogP contribution >= 0.6 is 11.8 Å². The molecule has 0 spiro atoms. The summed E-state index contributed by atoms with van der Waals surface area (Å²) in [4.78, 5) is 0. The summed E-state index contributed by atoms with van der Waals surface area (Å²) in [6.45, 7) is 1.57. The van der Waals surface area contributed by atoms with Crippen LogP contribution in [0, 0.1) is 0 Å². The molecule has 2 heterocycles. The van der Waals surface area contributed by atoms with Crippen molar-refractivity contribution in [2.75, 3.05) is 24.7 Å². The van der Waals surface area contributed by atoms with Gasteiger partial charge in [0, 0.05) is 17.9 Å². The molecule has 3 nitrogen and oxygen atoms in total. The highest BCUT2D eigenvalue weighted by molar-refractivity contribution is 7.99. The van der Waals surface area contributed by atoms with Gasteiger partial charge in [-0.15, -0.1) is 0 Å². The van der Waals surface area contributed by atoms with Gasteiger partial charge in [0.25, 0.3) is 0 Å². The Morgan fingerprint density at radius 1 is 1.37 bits per heavy atom. The molecule has 2 unspecified atom stereocenters. The first kappa shape index (κ1) is 13.3. The summed E-state index contributed by atoms with van der Waals surface area (Å²) in [6, 6.07) is 6.37. The quantitative estimate of drug-likeness (QED) is 0.916. The van der Waals surface area contributed by atoms with Gasteiger partial charge in [0.15, 0.2) is 0 Å². The number of hydrogen-bond acceptors (Lipinski definition) is 4. The van der Waals surface area contributed by atoms with Crippen LogP contribution in [0.25, 0.3) is 0 Å². The second kappa shape index (κ2) is 6.16. The maximum absolute atomic E-state index is 10.2. The molecule has 1 saturated heterocycles. The molecule has 2 aliphatic rings. The lowest BCUT2D eigenvalue weighted by molar-refractivity contribution is -0.0244. The van der Waals surface area contributed by atoms with E-state index in [0.717, 1.165) is 49.7 Å². The van der Waals surface area contributed by atoms with Crippen molar-refractivity contribution >= 4 is 11.8 Å². The number of thioether (sulfide) groups is 1. The number of benzene rings is 1. The van der Waals surface area contributed by atoms with Crippen LogP contribution in [-0.4, -0.2) is 42.0 Å². The zero-order chi connectivity index (χ0) is 13.1. The first-order valence-electron chi connectivity index (χ1n) is 6.95. The number of rotatable bonds is 4. The van der Waals surface area contributed by atoms with Crippen LogP contribution in [0.1, 0.15) is 17.5 Å². The highest BCUT2D eigenvalue weighted by Gasteiger charge is 2.22. The van der Waals surface area contributed by atoms with Crippen molar-refractivity contribution in [1.29, 1.82) is 0 Å². The minimum Gasteiger partial charge on any atom is -0.493 e. The molecule has 1 aromatic carbocycles. The predicted octanol–water partition coefficient (Wildman–Crippen LogP) is 2.05. The smallest absolute Gasteiger partial charge is 0.122 e. The molecule has 4 heteroatoms. The summed E-state index contributed by atoms with van der Waals surface area (Å²) < 4.78 is 11.1. The van der Waals surface area contributed by atoms with Crippen LogP contribution in [0.3, 0.4) is 0 Å². The van der Waals surface area contributed by atoms with Crippen LogP contribution < -0.4 is 4.74 Å². The van der Waals surface area contributed by atoms with E-state index in [1.54, 1.807) is 0 Å². The first-order chi connectivity index (χ1) is 9.33. The van der Waals surface area contributed by atoms with Crippen LogP contribution in [0.4, 0.5) is 0 Å². The maximum atomic E-state index is 10.2. The fourth-order valence-corrected chi connectivity index (χ4v) is 3.56. The Labute approximate surface area is 118 Å². The fourth-order valence-electron chi connectivity index (χ4n) is 2.62. The number of ether oxygens (including phenoxy) is 2. The summed E-state index contributed by atoms with van der Waals surface area (Å²) in [5, 5.41) is 10.2. The lowest BCUT2D eigenvalue weighted by Gasteiger charge is -2.26. The Morgan fingerprint density at radius 2 is 2.32 bits per heavy atom. The third kappa shape index (κ3) is 3.25. The van der Waals surface area contributed by atoms with E-state index in [1.165, 1.54) is 11.1 Å². The summed E-state index contributed by atoms with van der Waals surface area (Å²) in [6.07, 6.45) is 2.34. The number of fused-ring (bicyclic) bond motifs is 1. The normalized spacial score (nSPS) is 23.7. The molecule has 3 rings (SSSR count). The summed E-state index contributed by atoms with van der Waals surface area (Å²) in [5.41, 5.74) is 2.59. The van der Waals surface area contributed by atoms with E-state index < -0.39 is 0 Å². The van der Waals surface area contributed by atoms with Gasteiger partial charge in [0.2, 0.25) is 0 Å². The molecular formula is C15H20O3S. The molecule has 1 aromatic rings. The van der Waals surface area contributed by atoms with Crippen LogP contribution in [-0.2, 0) is 17.6 Å². The highest BCUT2D eigenvalue weighted by Crippen LogP contribution is 2.26. The standard InChI is InChI=1S/C15H20O3S/c16-13(15-10-19-8-7-18-15)3-1-11-2-4-14-12(9-11)5-6-17-14/h2,4,9,13,15-16H,1,3,5-8,10H2.